The molecule has 130 valence electrons. The highest BCUT2D eigenvalue weighted by molar-refractivity contribution is 6.03. The van der Waals surface area contributed by atoms with Crippen molar-refractivity contribution in [2.75, 3.05) is 5.32 Å². The molecular formula is C18H15N5O3. The van der Waals surface area contributed by atoms with Crippen molar-refractivity contribution in [3.8, 4) is 22.9 Å². The molecule has 8 nitrogen and oxygen atoms in total. The molecular weight excluding hydrogens is 334 g/mol. The van der Waals surface area contributed by atoms with Crippen LogP contribution in [0.4, 0.5) is 5.69 Å². The zero-order valence-corrected chi connectivity index (χ0v) is 13.8. The number of nitrogens with zero attached hydrogens (tertiary/aromatic N) is 2. The number of hydrogen-bond acceptors (Lipinski definition) is 5. The molecule has 0 spiro atoms. The zero-order valence-electron chi connectivity index (χ0n) is 13.8. The Hall–Kier alpha value is -3.81. The molecule has 0 aliphatic heterocycles. The second kappa shape index (κ2) is 6.60. The lowest BCUT2D eigenvalue weighted by molar-refractivity contribution is 0.102. The van der Waals surface area contributed by atoms with Gasteiger partial charge in [0.2, 0.25) is 5.88 Å². The lowest BCUT2D eigenvalue weighted by Crippen LogP contribution is -2.12. The maximum Gasteiger partial charge on any atom is 0.273 e. The van der Waals surface area contributed by atoms with Crippen LogP contribution >= 0.6 is 0 Å². The number of anilines is 1. The molecule has 26 heavy (non-hydrogen) atoms. The summed E-state index contributed by atoms with van der Waals surface area (Å²) in [5.74, 6) is 0.825. The first-order chi connectivity index (χ1) is 12.7. The number of hydrogen-bond donors (Lipinski definition) is 3. The van der Waals surface area contributed by atoms with Gasteiger partial charge in [-0.05, 0) is 43.3 Å². The van der Waals surface area contributed by atoms with Gasteiger partial charge in [-0.2, -0.15) is 5.10 Å². The summed E-state index contributed by atoms with van der Waals surface area (Å²) in [4.78, 5) is 12.3. The van der Waals surface area contributed by atoms with Crippen molar-refractivity contribution in [2.24, 2.45) is 0 Å². The smallest absolute Gasteiger partial charge is 0.273 e. The van der Waals surface area contributed by atoms with Crippen LogP contribution in [0, 0.1) is 6.92 Å². The van der Waals surface area contributed by atoms with Gasteiger partial charge in [-0.25, -0.2) is 0 Å². The van der Waals surface area contributed by atoms with Crippen LogP contribution in [0.1, 0.15) is 16.2 Å². The van der Waals surface area contributed by atoms with E-state index in [2.05, 4.69) is 25.7 Å². The van der Waals surface area contributed by atoms with Gasteiger partial charge in [0.15, 0.2) is 0 Å². The number of nitrogens with one attached hydrogen (secondary N) is 3. The van der Waals surface area contributed by atoms with E-state index >= 15 is 0 Å². The molecule has 0 bridgehead atoms. The van der Waals surface area contributed by atoms with Gasteiger partial charge in [-0.1, -0.05) is 0 Å². The minimum atomic E-state index is -0.288. The van der Waals surface area contributed by atoms with E-state index in [0.29, 0.717) is 28.7 Å². The largest absolute Gasteiger partial charge is 0.472 e. The Morgan fingerprint density at radius 3 is 2.65 bits per heavy atom. The monoisotopic (exact) mass is 349 g/mol. The van der Waals surface area contributed by atoms with Crippen LogP contribution in [-0.4, -0.2) is 26.3 Å². The highest BCUT2D eigenvalue weighted by Gasteiger charge is 2.12. The number of rotatable bonds is 5. The summed E-state index contributed by atoms with van der Waals surface area (Å²) in [6.07, 6.45) is 3.12. The number of amides is 1. The first-order valence-electron chi connectivity index (χ1n) is 7.86. The molecule has 0 saturated heterocycles. The van der Waals surface area contributed by atoms with Crippen LogP contribution < -0.4 is 10.1 Å². The molecule has 1 aromatic carbocycles. The average Bonchev–Trinajstić information content (AvgIpc) is 3.37. The topological polar surface area (TPSA) is 109 Å². The Morgan fingerprint density at radius 1 is 1.12 bits per heavy atom. The van der Waals surface area contributed by atoms with E-state index in [1.54, 1.807) is 55.0 Å². The molecule has 0 fully saturated rings. The van der Waals surface area contributed by atoms with E-state index in [9.17, 15) is 4.79 Å². The summed E-state index contributed by atoms with van der Waals surface area (Å²) in [6, 6.07) is 12.2. The molecule has 3 N–H and O–H groups in total. The van der Waals surface area contributed by atoms with E-state index in [4.69, 9.17) is 9.15 Å². The number of carbonyl (C=O) groups is 1. The second-order valence-electron chi connectivity index (χ2n) is 5.65. The molecule has 1 amide bonds. The van der Waals surface area contributed by atoms with Gasteiger partial charge in [0.05, 0.1) is 18.2 Å². The minimum Gasteiger partial charge on any atom is -0.472 e. The second-order valence-corrected chi connectivity index (χ2v) is 5.65. The van der Waals surface area contributed by atoms with Crippen molar-refractivity contribution >= 4 is 11.6 Å². The number of furan rings is 1. The van der Waals surface area contributed by atoms with E-state index in [1.165, 1.54) is 0 Å². The molecule has 0 saturated carbocycles. The van der Waals surface area contributed by atoms with E-state index < -0.39 is 0 Å². The van der Waals surface area contributed by atoms with Gasteiger partial charge in [0.1, 0.15) is 11.4 Å². The lowest BCUT2D eigenvalue weighted by Gasteiger charge is -2.05. The van der Waals surface area contributed by atoms with Crippen molar-refractivity contribution in [2.45, 2.75) is 6.92 Å². The predicted molar refractivity (Wildman–Crippen MR) is 94.1 cm³/mol. The van der Waals surface area contributed by atoms with Gasteiger partial charge < -0.3 is 14.5 Å². The quantitative estimate of drug-likeness (QED) is 0.508. The van der Waals surface area contributed by atoms with E-state index in [0.717, 1.165) is 11.3 Å². The molecule has 0 atom stereocenters. The predicted octanol–water partition coefficient (Wildman–Crippen LogP) is 3.75. The fourth-order valence-electron chi connectivity index (χ4n) is 2.37. The molecule has 0 unspecified atom stereocenters. The molecule has 4 rings (SSSR count). The number of carbonyl (C=O) groups excluding carboxylic acids is 1. The lowest BCUT2D eigenvalue weighted by atomic mass is 10.2. The SMILES string of the molecule is Cc1cc(Oc2ccc(NC(=O)c3cc(-c4ccoc4)n[nH]3)cc2)n[nH]1. The van der Waals surface area contributed by atoms with Crippen molar-refractivity contribution in [3.05, 3.63) is 66.4 Å². The molecule has 0 radical (unpaired) electrons. The standard InChI is InChI=1S/C18H15N5O3/c1-11-8-17(23-20-11)26-14-4-2-13(3-5-14)19-18(24)16-9-15(21-22-16)12-6-7-25-10-12/h2-10H,1H3,(H,19,24)(H,20,23)(H,21,22). The summed E-state index contributed by atoms with van der Waals surface area (Å²) < 4.78 is 10.6. The Kier molecular flexibility index (Phi) is 3.98. The van der Waals surface area contributed by atoms with Crippen LogP contribution in [0.25, 0.3) is 11.3 Å². The molecule has 3 heterocycles. The van der Waals surface area contributed by atoms with Gasteiger partial charge in [0.25, 0.3) is 5.91 Å². The van der Waals surface area contributed by atoms with Crippen molar-refractivity contribution in [3.63, 3.8) is 0 Å². The first kappa shape index (κ1) is 15.7. The Balaban J connectivity index is 1.41. The highest BCUT2D eigenvalue weighted by atomic mass is 16.5. The Morgan fingerprint density at radius 2 is 1.96 bits per heavy atom. The Bertz CT molecular complexity index is 1020. The fourth-order valence-corrected chi connectivity index (χ4v) is 2.37. The third-order valence-electron chi connectivity index (χ3n) is 3.66. The number of ether oxygens (including phenoxy) is 1. The first-order valence-corrected chi connectivity index (χ1v) is 7.86. The summed E-state index contributed by atoms with van der Waals surface area (Å²) in [7, 11) is 0. The van der Waals surface area contributed by atoms with E-state index in [-0.39, 0.29) is 5.91 Å². The van der Waals surface area contributed by atoms with Crippen LogP contribution in [0.5, 0.6) is 11.6 Å². The van der Waals surface area contributed by atoms with Crippen LogP contribution in [0.15, 0.2) is 59.4 Å². The molecule has 0 aliphatic carbocycles. The number of aromatic amines is 2. The van der Waals surface area contributed by atoms with Crippen LogP contribution in [-0.2, 0) is 0 Å². The van der Waals surface area contributed by atoms with Crippen LogP contribution in [0.2, 0.25) is 0 Å². The fraction of sp³-hybridized carbons (Fsp3) is 0.0556. The number of aryl methyl sites for hydroxylation is 1. The average molecular weight is 349 g/mol. The van der Waals surface area contributed by atoms with Gasteiger partial charge in [-0.3, -0.25) is 15.0 Å². The van der Waals surface area contributed by atoms with Gasteiger partial charge >= 0.3 is 0 Å². The summed E-state index contributed by atoms with van der Waals surface area (Å²) in [6.45, 7) is 1.89. The molecule has 3 aromatic heterocycles. The van der Waals surface area contributed by atoms with Gasteiger partial charge in [0, 0.05) is 23.0 Å². The number of aromatic nitrogens is 4. The Labute approximate surface area is 148 Å². The van der Waals surface area contributed by atoms with Gasteiger partial charge in [-0.15, -0.1) is 5.10 Å². The summed E-state index contributed by atoms with van der Waals surface area (Å²) in [5, 5.41) is 16.4. The summed E-state index contributed by atoms with van der Waals surface area (Å²) in [5.41, 5.74) is 3.35. The molecule has 8 heteroatoms. The van der Waals surface area contributed by atoms with E-state index in [1.807, 2.05) is 6.92 Å². The summed E-state index contributed by atoms with van der Waals surface area (Å²) >= 11 is 0. The van der Waals surface area contributed by atoms with Crippen molar-refractivity contribution < 1.29 is 13.9 Å². The molecule has 0 aliphatic rings. The third-order valence-corrected chi connectivity index (χ3v) is 3.66. The zero-order chi connectivity index (χ0) is 17.9. The van der Waals surface area contributed by atoms with Crippen LogP contribution in [0.3, 0.4) is 0 Å². The third kappa shape index (κ3) is 3.34. The number of benzene rings is 1. The molecule has 4 aromatic rings. The number of H-pyrrole nitrogens is 2. The normalized spacial score (nSPS) is 10.7. The maximum absolute atomic E-state index is 12.3. The van der Waals surface area contributed by atoms with Crippen molar-refractivity contribution in [1.82, 2.24) is 20.4 Å². The highest BCUT2D eigenvalue weighted by Crippen LogP contribution is 2.22. The maximum atomic E-state index is 12.3. The minimum absolute atomic E-state index is 0.288. The van der Waals surface area contributed by atoms with Crippen molar-refractivity contribution in [1.29, 1.82) is 0 Å².